The van der Waals surface area contributed by atoms with Crippen molar-refractivity contribution < 1.29 is 9.84 Å². The predicted molar refractivity (Wildman–Crippen MR) is 86.1 cm³/mol. The van der Waals surface area contributed by atoms with Gasteiger partial charge in [0.2, 0.25) is 0 Å². The quantitative estimate of drug-likeness (QED) is 0.910. The van der Waals surface area contributed by atoms with Crippen molar-refractivity contribution >= 4 is 0 Å². The average molecular weight is 319 g/mol. The smallest absolute Gasteiger partial charge is 0.157 e. The molecule has 1 saturated heterocycles. The van der Waals surface area contributed by atoms with Gasteiger partial charge >= 0.3 is 0 Å². The SMILES string of the molecule is Cn1cc(O[C@@H]2CN(Cc3cnn(C(C)(C)C)c3)C[C@H]2O)cn1. The summed E-state index contributed by atoms with van der Waals surface area (Å²) < 4.78 is 9.50. The third kappa shape index (κ3) is 3.73. The Balaban J connectivity index is 1.59. The van der Waals surface area contributed by atoms with Crippen LogP contribution in [0, 0.1) is 0 Å². The van der Waals surface area contributed by atoms with Crippen LogP contribution < -0.4 is 4.74 Å². The van der Waals surface area contributed by atoms with E-state index in [1.165, 1.54) is 0 Å². The molecule has 0 aliphatic carbocycles. The number of aromatic nitrogens is 4. The molecule has 3 heterocycles. The standard InChI is InChI=1S/C16H25N5O2/c1-16(2,3)21-8-12(5-18-21)7-20-10-14(22)15(11-20)23-13-6-17-19(4)9-13/h5-6,8-9,14-15,22H,7,10-11H2,1-4H3/t14-,15-/m1/s1. The first kappa shape index (κ1) is 16.0. The predicted octanol–water partition coefficient (Wildman–Crippen LogP) is 0.996. The summed E-state index contributed by atoms with van der Waals surface area (Å²) in [6.07, 6.45) is 6.73. The monoisotopic (exact) mass is 319 g/mol. The molecule has 3 rings (SSSR count). The molecule has 0 amide bonds. The minimum atomic E-state index is -0.493. The fourth-order valence-electron chi connectivity index (χ4n) is 2.78. The molecule has 1 aliphatic rings. The second kappa shape index (κ2) is 5.98. The number of β-amino-alcohol motifs (C(OH)–C–C–N with tert-alkyl or cyclic N) is 1. The van der Waals surface area contributed by atoms with Gasteiger partial charge in [-0.3, -0.25) is 14.3 Å². The Labute approximate surface area is 136 Å². The molecule has 0 unspecified atom stereocenters. The zero-order valence-corrected chi connectivity index (χ0v) is 14.2. The van der Waals surface area contributed by atoms with Gasteiger partial charge in [0.1, 0.15) is 12.2 Å². The summed E-state index contributed by atoms with van der Waals surface area (Å²) in [5.41, 5.74) is 1.13. The van der Waals surface area contributed by atoms with Crippen molar-refractivity contribution in [3.05, 3.63) is 30.4 Å². The molecule has 0 bridgehead atoms. The number of hydrogen-bond donors (Lipinski definition) is 1. The summed E-state index contributed by atoms with van der Waals surface area (Å²) in [5, 5.41) is 18.7. The zero-order valence-electron chi connectivity index (χ0n) is 14.2. The van der Waals surface area contributed by atoms with Crippen molar-refractivity contribution in [3.63, 3.8) is 0 Å². The van der Waals surface area contributed by atoms with Gasteiger partial charge in [0.05, 0.1) is 24.1 Å². The van der Waals surface area contributed by atoms with Crippen LogP contribution in [0.5, 0.6) is 5.75 Å². The fourth-order valence-corrected chi connectivity index (χ4v) is 2.78. The molecular weight excluding hydrogens is 294 g/mol. The highest BCUT2D eigenvalue weighted by Gasteiger charge is 2.33. The normalized spacial score (nSPS) is 22.7. The maximum atomic E-state index is 10.2. The Morgan fingerprint density at radius 1 is 1.22 bits per heavy atom. The van der Waals surface area contributed by atoms with Crippen molar-refractivity contribution in [2.75, 3.05) is 13.1 Å². The summed E-state index contributed by atoms with van der Waals surface area (Å²) in [4.78, 5) is 2.19. The van der Waals surface area contributed by atoms with Crippen LogP contribution in [0.15, 0.2) is 24.8 Å². The molecule has 126 valence electrons. The van der Waals surface area contributed by atoms with Gasteiger partial charge in [0.25, 0.3) is 0 Å². The molecule has 0 spiro atoms. The molecular formula is C16H25N5O2. The number of aliphatic hydroxyl groups is 1. The maximum absolute atomic E-state index is 10.2. The third-order valence-electron chi connectivity index (χ3n) is 4.01. The number of aryl methyl sites for hydroxylation is 1. The lowest BCUT2D eigenvalue weighted by atomic mass is 10.1. The minimum Gasteiger partial charge on any atom is -0.483 e. The van der Waals surface area contributed by atoms with Gasteiger partial charge in [-0.2, -0.15) is 10.2 Å². The van der Waals surface area contributed by atoms with E-state index in [4.69, 9.17) is 4.74 Å². The summed E-state index contributed by atoms with van der Waals surface area (Å²) in [5.74, 6) is 0.693. The topological polar surface area (TPSA) is 68.3 Å². The van der Waals surface area contributed by atoms with Gasteiger partial charge in [0, 0.05) is 38.4 Å². The van der Waals surface area contributed by atoms with Gasteiger partial charge < -0.3 is 9.84 Å². The number of ether oxygens (including phenoxy) is 1. The van der Waals surface area contributed by atoms with E-state index in [0.29, 0.717) is 18.8 Å². The first-order valence-corrected chi connectivity index (χ1v) is 7.91. The second-order valence-corrected chi connectivity index (χ2v) is 7.23. The first-order valence-electron chi connectivity index (χ1n) is 7.91. The van der Waals surface area contributed by atoms with E-state index in [0.717, 1.165) is 12.1 Å². The van der Waals surface area contributed by atoms with Crippen molar-refractivity contribution in [2.24, 2.45) is 7.05 Å². The molecule has 23 heavy (non-hydrogen) atoms. The lowest BCUT2D eigenvalue weighted by Gasteiger charge is -2.19. The number of nitrogens with zero attached hydrogens (tertiary/aromatic N) is 5. The van der Waals surface area contributed by atoms with Crippen LogP contribution in [-0.4, -0.2) is 54.9 Å². The molecule has 2 atom stereocenters. The molecule has 1 fully saturated rings. The van der Waals surface area contributed by atoms with Crippen LogP contribution >= 0.6 is 0 Å². The van der Waals surface area contributed by atoms with Crippen molar-refractivity contribution in [2.45, 2.75) is 45.1 Å². The minimum absolute atomic E-state index is 0.0191. The highest BCUT2D eigenvalue weighted by molar-refractivity contribution is 5.13. The molecule has 1 N–H and O–H groups in total. The van der Waals surface area contributed by atoms with Crippen LogP contribution in [0.3, 0.4) is 0 Å². The van der Waals surface area contributed by atoms with Crippen LogP contribution in [0.4, 0.5) is 0 Å². The van der Waals surface area contributed by atoms with E-state index in [-0.39, 0.29) is 11.6 Å². The third-order valence-corrected chi connectivity index (χ3v) is 4.01. The van der Waals surface area contributed by atoms with E-state index in [1.54, 1.807) is 10.9 Å². The maximum Gasteiger partial charge on any atom is 0.157 e. The van der Waals surface area contributed by atoms with Gasteiger partial charge in [-0.25, -0.2) is 0 Å². The lowest BCUT2D eigenvalue weighted by Crippen LogP contribution is -2.29. The number of likely N-dealkylation sites (tertiary alicyclic amines) is 1. The van der Waals surface area contributed by atoms with Crippen LogP contribution in [0.25, 0.3) is 0 Å². The molecule has 2 aromatic rings. The van der Waals surface area contributed by atoms with E-state index in [1.807, 2.05) is 24.1 Å². The summed E-state index contributed by atoms with van der Waals surface area (Å²) >= 11 is 0. The van der Waals surface area contributed by atoms with Gasteiger partial charge in [0.15, 0.2) is 5.75 Å². The fraction of sp³-hybridized carbons (Fsp3) is 0.625. The average Bonchev–Trinajstić information content (AvgIpc) is 3.13. The molecule has 1 aliphatic heterocycles. The number of rotatable bonds is 4. The molecule has 7 nitrogen and oxygen atoms in total. The number of aliphatic hydroxyl groups excluding tert-OH is 1. The Kier molecular flexibility index (Phi) is 4.16. The van der Waals surface area contributed by atoms with Gasteiger partial charge in [-0.1, -0.05) is 0 Å². The zero-order chi connectivity index (χ0) is 16.6. The highest BCUT2D eigenvalue weighted by Crippen LogP contribution is 2.20. The Morgan fingerprint density at radius 3 is 2.61 bits per heavy atom. The van der Waals surface area contributed by atoms with Crippen molar-refractivity contribution in [1.82, 2.24) is 24.5 Å². The second-order valence-electron chi connectivity index (χ2n) is 7.23. The first-order chi connectivity index (χ1) is 10.8. The van der Waals surface area contributed by atoms with Crippen LogP contribution in [-0.2, 0) is 19.1 Å². The Bertz CT molecular complexity index is 657. The summed E-state index contributed by atoms with van der Waals surface area (Å²) in [6, 6.07) is 0. The van der Waals surface area contributed by atoms with Gasteiger partial charge in [-0.05, 0) is 20.8 Å². The Morgan fingerprint density at radius 2 is 2.00 bits per heavy atom. The lowest BCUT2D eigenvalue weighted by molar-refractivity contribution is 0.0736. The van der Waals surface area contributed by atoms with E-state index in [2.05, 4.69) is 42.1 Å². The summed E-state index contributed by atoms with van der Waals surface area (Å²) in [6.45, 7) is 8.44. The van der Waals surface area contributed by atoms with Gasteiger partial charge in [-0.15, -0.1) is 0 Å². The van der Waals surface area contributed by atoms with Crippen LogP contribution in [0.2, 0.25) is 0 Å². The molecule has 0 radical (unpaired) electrons. The number of hydrogen-bond acceptors (Lipinski definition) is 5. The molecule has 0 aromatic carbocycles. The van der Waals surface area contributed by atoms with E-state index >= 15 is 0 Å². The molecule has 0 saturated carbocycles. The van der Waals surface area contributed by atoms with Crippen LogP contribution in [0.1, 0.15) is 26.3 Å². The largest absolute Gasteiger partial charge is 0.483 e. The Hall–Kier alpha value is -1.86. The van der Waals surface area contributed by atoms with Crippen molar-refractivity contribution in [1.29, 1.82) is 0 Å². The highest BCUT2D eigenvalue weighted by atomic mass is 16.5. The molecule has 2 aromatic heterocycles. The van der Waals surface area contributed by atoms with E-state index in [9.17, 15) is 5.11 Å². The van der Waals surface area contributed by atoms with Crippen molar-refractivity contribution in [3.8, 4) is 5.75 Å². The molecule has 7 heteroatoms. The van der Waals surface area contributed by atoms with E-state index < -0.39 is 6.10 Å². The summed E-state index contributed by atoms with van der Waals surface area (Å²) in [7, 11) is 1.84.